The highest BCUT2D eigenvalue weighted by Crippen LogP contribution is 2.27. The van der Waals surface area contributed by atoms with Gasteiger partial charge in [-0.05, 0) is 54.3 Å². The van der Waals surface area contributed by atoms with Gasteiger partial charge in [0.1, 0.15) is 12.2 Å². The molecule has 0 unspecified atom stereocenters. The molecule has 0 saturated carbocycles. The van der Waals surface area contributed by atoms with Crippen LogP contribution in [0.5, 0.6) is 0 Å². The highest BCUT2D eigenvalue weighted by atomic mass is 35.5. The molecule has 3 aromatic rings. The van der Waals surface area contributed by atoms with Crippen molar-refractivity contribution in [3.8, 4) is 0 Å². The number of benzene rings is 2. The predicted molar refractivity (Wildman–Crippen MR) is 106 cm³/mol. The number of hydrogen-bond donors (Lipinski definition) is 1. The van der Waals surface area contributed by atoms with E-state index in [-0.39, 0.29) is 17.9 Å². The van der Waals surface area contributed by atoms with E-state index in [2.05, 4.69) is 13.8 Å². The lowest BCUT2D eigenvalue weighted by molar-refractivity contribution is 0.0475. The van der Waals surface area contributed by atoms with Crippen molar-refractivity contribution in [3.05, 3.63) is 74.1 Å². The Balaban J connectivity index is 1.95. The minimum absolute atomic E-state index is 0.0659. The highest BCUT2D eigenvalue weighted by molar-refractivity contribution is 6.31. The standard InChI is InChI=1S/C21H20ClNO4/c1-11(2)16-9-17-13(7-20(24)27-19(17)6-12(16)3)10-26-21(25)15-5-4-14(22)8-18(15)23/h4-9,11H,10,23H2,1-3H3. The molecule has 5 nitrogen and oxygen atoms in total. The number of nitrogens with two attached hydrogens (primary N) is 1. The lowest BCUT2D eigenvalue weighted by Gasteiger charge is -2.13. The Labute approximate surface area is 161 Å². The fourth-order valence-corrected chi connectivity index (χ4v) is 3.25. The summed E-state index contributed by atoms with van der Waals surface area (Å²) in [6.07, 6.45) is 0. The summed E-state index contributed by atoms with van der Waals surface area (Å²) in [5.74, 6) is -0.271. The minimum atomic E-state index is -0.582. The van der Waals surface area contributed by atoms with Crippen LogP contribution < -0.4 is 11.4 Å². The topological polar surface area (TPSA) is 82.5 Å². The van der Waals surface area contributed by atoms with Gasteiger partial charge >= 0.3 is 11.6 Å². The minimum Gasteiger partial charge on any atom is -0.457 e. The fraction of sp³-hybridized carbons (Fsp3) is 0.238. The number of anilines is 1. The normalized spacial score (nSPS) is 11.1. The monoisotopic (exact) mass is 385 g/mol. The largest absolute Gasteiger partial charge is 0.457 e. The Morgan fingerprint density at radius 1 is 1.22 bits per heavy atom. The summed E-state index contributed by atoms with van der Waals surface area (Å²) in [5, 5.41) is 1.19. The molecule has 3 rings (SSSR count). The lowest BCUT2D eigenvalue weighted by atomic mass is 9.95. The smallest absolute Gasteiger partial charge is 0.340 e. The van der Waals surface area contributed by atoms with Gasteiger partial charge in [-0.1, -0.05) is 25.4 Å². The Bertz CT molecular complexity index is 1090. The van der Waals surface area contributed by atoms with Crippen molar-refractivity contribution in [3.63, 3.8) is 0 Å². The van der Waals surface area contributed by atoms with E-state index in [1.807, 2.05) is 19.1 Å². The van der Waals surface area contributed by atoms with E-state index < -0.39 is 11.6 Å². The van der Waals surface area contributed by atoms with Crippen LogP contribution in [0.4, 0.5) is 5.69 Å². The van der Waals surface area contributed by atoms with Crippen molar-refractivity contribution in [2.45, 2.75) is 33.3 Å². The molecule has 27 heavy (non-hydrogen) atoms. The molecule has 0 spiro atoms. The highest BCUT2D eigenvalue weighted by Gasteiger charge is 2.15. The molecular formula is C21H20ClNO4. The van der Waals surface area contributed by atoms with Crippen molar-refractivity contribution < 1.29 is 13.9 Å². The van der Waals surface area contributed by atoms with Gasteiger partial charge in [-0.15, -0.1) is 0 Å². The molecule has 0 bridgehead atoms. The maximum atomic E-state index is 12.4. The Kier molecular flexibility index (Phi) is 5.24. The first-order valence-corrected chi connectivity index (χ1v) is 8.93. The average molecular weight is 386 g/mol. The van der Waals surface area contributed by atoms with Crippen molar-refractivity contribution in [1.82, 2.24) is 0 Å². The maximum absolute atomic E-state index is 12.4. The molecule has 0 amide bonds. The number of aryl methyl sites for hydroxylation is 1. The number of fused-ring (bicyclic) bond motifs is 1. The molecule has 0 fully saturated rings. The molecule has 1 aromatic heterocycles. The average Bonchev–Trinajstić information content (AvgIpc) is 2.58. The zero-order chi connectivity index (χ0) is 19.7. The molecule has 140 valence electrons. The van der Waals surface area contributed by atoms with Crippen LogP contribution in [0.2, 0.25) is 5.02 Å². The van der Waals surface area contributed by atoms with Gasteiger partial charge in [0.2, 0.25) is 0 Å². The van der Waals surface area contributed by atoms with Gasteiger partial charge in [-0.2, -0.15) is 0 Å². The number of nitrogen functional groups attached to an aromatic ring is 1. The van der Waals surface area contributed by atoms with Crippen molar-refractivity contribution in [2.75, 3.05) is 5.73 Å². The predicted octanol–water partition coefficient (Wildman–Crippen LogP) is 4.82. The van der Waals surface area contributed by atoms with Gasteiger partial charge in [-0.25, -0.2) is 9.59 Å². The summed E-state index contributed by atoms with van der Waals surface area (Å²) in [5.41, 5.74) is 9.05. The first kappa shape index (κ1) is 19.0. The second-order valence-corrected chi connectivity index (χ2v) is 7.19. The third-order valence-corrected chi connectivity index (χ3v) is 4.67. The number of rotatable bonds is 4. The number of halogens is 1. The number of carbonyl (C=O) groups is 1. The Morgan fingerprint density at radius 3 is 2.63 bits per heavy atom. The summed E-state index contributed by atoms with van der Waals surface area (Å²) >= 11 is 5.85. The van der Waals surface area contributed by atoms with E-state index in [0.29, 0.717) is 22.1 Å². The van der Waals surface area contributed by atoms with Crippen LogP contribution in [0.25, 0.3) is 11.0 Å². The van der Waals surface area contributed by atoms with E-state index in [1.54, 1.807) is 6.07 Å². The summed E-state index contributed by atoms with van der Waals surface area (Å²) < 4.78 is 10.7. The van der Waals surface area contributed by atoms with Gasteiger partial charge < -0.3 is 14.9 Å². The summed E-state index contributed by atoms with van der Waals surface area (Å²) in [6, 6.07) is 9.74. The first-order valence-electron chi connectivity index (χ1n) is 8.55. The molecular weight excluding hydrogens is 366 g/mol. The molecule has 0 aliphatic heterocycles. The zero-order valence-electron chi connectivity index (χ0n) is 15.3. The van der Waals surface area contributed by atoms with E-state index in [9.17, 15) is 9.59 Å². The zero-order valence-corrected chi connectivity index (χ0v) is 16.1. The molecule has 0 aliphatic rings. The molecule has 2 aromatic carbocycles. The summed E-state index contributed by atoms with van der Waals surface area (Å²) in [7, 11) is 0. The van der Waals surface area contributed by atoms with Gasteiger partial charge in [-0.3, -0.25) is 0 Å². The lowest BCUT2D eigenvalue weighted by Crippen LogP contribution is -2.10. The van der Waals surface area contributed by atoms with Gasteiger partial charge in [0, 0.05) is 27.7 Å². The van der Waals surface area contributed by atoms with Crippen LogP contribution in [-0.4, -0.2) is 5.97 Å². The van der Waals surface area contributed by atoms with E-state index in [1.165, 1.54) is 18.2 Å². The SMILES string of the molecule is Cc1cc2oc(=O)cc(COC(=O)c3ccc(Cl)cc3N)c2cc1C(C)C. The Morgan fingerprint density at radius 2 is 1.96 bits per heavy atom. The second-order valence-electron chi connectivity index (χ2n) is 6.76. The quantitative estimate of drug-likeness (QED) is 0.395. The van der Waals surface area contributed by atoms with Crippen LogP contribution in [0.1, 0.15) is 46.8 Å². The molecule has 1 heterocycles. The van der Waals surface area contributed by atoms with Crippen LogP contribution in [0.15, 0.2) is 45.6 Å². The van der Waals surface area contributed by atoms with Crippen LogP contribution >= 0.6 is 11.6 Å². The molecule has 0 aliphatic carbocycles. The molecule has 0 atom stereocenters. The molecule has 0 saturated heterocycles. The van der Waals surface area contributed by atoms with E-state index in [4.69, 9.17) is 26.5 Å². The molecule has 0 radical (unpaired) electrons. The number of ether oxygens (including phenoxy) is 1. The van der Waals surface area contributed by atoms with E-state index >= 15 is 0 Å². The third kappa shape index (κ3) is 3.98. The van der Waals surface area contributed by atoms with Crippen LogP contribution in [-0.2, 0) is 11.3 Å². The van der Waals surface area contributed by atoms with Crippen molar-refractivity contribution in [1.29, 1.82) is 0 Å². The molecule has 6 heteroatoms. The Hall–Kier alpha value is -2.79. The van der Waals surface area contributed by atoms with Gasteiger partial charge in [0.05, 0.1) is 5.56 Å². The number of esters is 1. The van der Waals surface area contributed by atoms with Gasteiger partial charge in [0.25, 0.3) is 0 Å². The number of hydrogen-bond acceptors (Lipinski definition) is 5. The van der Waals surface area contributed by atoms with Crippen molar-refractivity contribution in [2.24, 2.45) is 0 Å². The first-order chi connectivity index (χ1) is 12.8. The molecule has 2 N–H and O–H groups in total. The van der Waals surface area contributed by atoms with Crippen LogP contribution in [0.3, 0.4) is 0 Å². The summed E-state index contributed by atoms with van der Waals surface area (Å²) in [6.45, 7) is 6.10. The van der Waals surface area contributed by atoms with Crippen LogP contribution in [0, 0.1) is 6.92 Å². The maximum Gasteiger partial charge on any atom is 0.340 e. The van der Waals surface area contributed by atoms with Crippen molar-refractivity contribution >= 4 is 34.2 Å². The fourth-order valence-electron chi connectivity index (χ4n) is 3.07. The third-order valence-electron chi connectivity index (χ3n) is 4.43. The van der Waals surface area contributed by atoms with Gasteiger partial charge in [0.15, 0.2) is 0 Å². The van der Waals surface area contributed by atoms with E-state index in [0.717, 1.165) is 16.5 Å². The summed E-state index contributed by atoms with van der Waals surface area (Å²) in [4.78, 5) is 24.3. The second kappa shape index (κ2) is 7.45. The number of carbonyl (C=O) groups excluding carboxylic acids is 1.